The van der Waals surface area contributed by atoms with Crippen molar-refractivity contribution in [3.05, 3.63) is 48.6 Å². The van der Waals surface area contributed by atoms with Crippen molar-refractivity contribution in [1.82, 2.24) is 5.32 Å². The van der Waals surface area contributed by atoms with Crippen LogP contribution in [0.15, 0.2) is 48.6 Å². The van der Waals surface area contributed by atoms with Crippen molar-refractivity contribution in [3.63, 3.8) is 0 Å². The molecule has 0 saturated heterocycles. The molecule has 0 spiro atoms. The molecule has 292 valence electrons. The predicted octanol–water partition coefficient (Wildman–Crippen LogP) is 13.6. The van der Waals surface area contributed by atoms with Gasteiger partial charge in [-0.15, -0.1) is 0 Å². The van der Waals surface area contributed by atoms with Gasteiger partial charge in [0.2, 0.25) is 5.91 Å². The summed E-state index contributed by atoms with van der Waals surface area (Å²) in [5.41, 5.74) is 0. The fourth-order valence-corrected chi connectivity index (χ4v) is 6.38. The highest BCUT2D eigenvalue weighted by Crippen LogP contribution is 2.13. The van der Waals surface area contributed by atoms with Crippen LogP contribution in [0.5, 0.6) is 0 Å². The zero-order valence-electron chi connectivity index (χ0n) is 33.4. The molecule has 0 fully saturated rings. The van der Waals surface area contributed by atoms with Crippen molar-refractivity contribution in [2.75, 3.05) is 6.61 Å². The lowest BCUT2D eigenvalue weighted by molar-refractivity contribution is -0.123. The van der Waals surface area contributed by atoms with E-state index in [4.69, 9.17) is 0 Å². The molecular formula is C46H85NO3. The van der Waals surface area contributed by atoms with Crippen LogP contribution in [0, 0.1) is 0 Å². The van der Waals surface area contributed by atoms with Gasteiger partial charge in [-0.05, 0) is 70.6 Å². The summed E-state index contributed by atoms with van der Waals surface area (Å²) in [5.74, 6) is -0.0867. The lowest BCUT2D eigenvalue weighted by Gasteiger charge is -2.19. The Morgan fingerprint density at radius 2 is 0.780 bits per heavy atom. The summed E-state index contributed by atoms with van der Waals surface area (Å²) in [6.45, 7) is 4.29. The maximum Gasteiger partial charge on any atom is 0.220 e. The molecule has 0 bridgehead atoms. The molecule has 0 heterocycles. The molecule has 0 aliphatic heterocycles. The first-order valence-corrected chi connectivity index (χ1v) is 21.9. The van der Waals surface area contributed by atoms with Gasteiger partial charge < -0.3 is 15.5 Å². The average molecular weight is 700 g/mol. The van der Waals surface area contributed by atoms with Crippen LogP contribution in [0.1, 0.15) is 219 Å². The Bertz CT molecular complexity index is 801. The van der Waals surface area contributed by atoms with E-state index in [1.54, 1.807) is 6.08 Å². The molecule has 2 unspecified atom stereocenters. The molecule has 4 nitrogen and oxygen atoms in total. The molecule has 0 rings (SSSR count). The van der Waals surface area contributed by atoms with E-state index in [1.807, 2.05) is 6.08 Å². The number of carbonyl (C=O) groups is 1. The fourth-order valence-electron chi connectivity index (χ4n) is 6.38. The van der Waals surface area contributed by atoms with Crippen LogP contribution < -0.4 is 5.32 Å². The number of hydrogen-bond acceptors (Lipinski definition) is 3. The smallest absolute Gasteiger partial charge is 0.220 e. The lowest BCUT2D eigenvalue weighted by atomic mass is 10.1. The number of nitrogens with one attached hydrogen (secondary N) is 1. The highest BCUT2D eigenvalue weighted by atomic mass is 16.3. The van der Waals surface area contributed by atoms with Gasteiger partial charge in [-0.1, -0.05) is 191 Å². The third kappa shape index (κ3) is 37.6. The van der Waals surface area contributed by atoms with Gasteiger partial charge in [-0.25, -0.2) is 0 Å². The molecule has 0 saturated carbocycles. The zero-order valence-corrected chi connectivity index (χ0v) is 33.4. The van der Waals surface area contributed by atoms with E-state index in [1.165, 1.54) is 148 Å². The maximum absolute atomic E-state index is 12.4. The van der Waals surface area contributed by atoms with E-state index in [-0.39, 0.29) is 12.5 Å². The van der Waals surface area contributed by atoms with E-state index in [9.17, 15) is 15.0 Å². The number of unbranched alkanes of at least 4 members (excludes halogenated alkanes) is 26. The summed E-state index contributed by atoms with van der Waals surface area (Å²) in [5, 5.41) is 23.0. The van der Waals surface area contributed by atoms with Crippen molar-refractivity contribution in [3.8, 4) is 0 Å². The van der Waals surface area contributed by atoms with Gasteiger partial charge in [-0.3, -0.25) is 4.79 Å². The third-order valence-corrected chi connectivity index (χ3v) is 9.76. The third-order valence-electron chi connectivity index (χ3n) is 9.76. The molecule has 2 atom stereocenters. The topological polar surface area (TPSA) is 69.6 Å². The Morgan fingerprint density at radius 3 is 1.16 bits per heavy atom. The molecule has 1 amide bonds. The maximum atomic E-state index is 12.4. The van der Waals surface area contributed by atoms with Crippen molar-refractivity contribution in [1.29, 1.82) is 0 Å². The Morgan fingerprint density at radius 1 is 0.460 bits per heavy atom. The van der Waals surface area contributed by atoms with Crippen molar-refractivity contribution >= 4 is 5.91 Å². The van der Waals surface area contributed by atoms with E-state index < -0.39 is 12.1 Å². The van der Waals surface area contributed by atoms with Gasteiger partial charge in [0, 0.05) is 6.42 Å². The van der Waals surface area contributed by atoms with Gasteiger partial charge >= 0.3 is 0 Å². The van der Waals surface area contributed by atoms with E-state index >= 15 is 0 Å². The molecule has 0 aliphatic rings. The minimum Gasteiger partial charge on any atom is -0.394 e. The minimum atomic E-state index is -0.873. The van der Waals surface area contributed by atoms with Crippen molar-refractivity contribution < 1.29 is 15.0 Å². The average Bonchev–Trinajstić information content (AvgIpc) is 3.12. The lowest BCUT2D eigenvalue weighted by Crippen LogP contribution is -2.45. The largest absolute Gasteiger partial charge is 0.394 e. The van der Waals surface area contributed by atoms with Gasteiger partial charge in [0.15, 0.2) is 0 Å². The summed E-state index contributed by atoms with van der Waals surface area (Å²) in [6.07, 6.45) is 56.4. The number of allylic oxidation sites excluding steroid dienone is 7. The monoisotopic (exact) mass is 700 g/mol. The molecule has 0 radical (unpaired) electrons. The first kappa shape index (κ1) is 48.3. The number of aliphatic hydroxyl groups excluding tert-OH is 2. The Balaban J connectivity index is 3.67. The SMILES string of the molecule is CCCCCCCCCCC/C=C\CCCCCCCC(=O)NC(CO)C(O)/C=C/CC/C=C/CC/C=C/CCCCCCCCCCCC. The normalized spacial score (nSPS) is 13.4. The standard InChI is InChI=1S/C46H85NO3/c1-3-5-7-9-11-13-15-17-19-21-23-24-25-27-29-31-33-35-37-39-41-45(49)44(43-48)47-46(50)42-40-38-36-34-32-30-28-26-22-20-18-16-14-12-10-8-6-4-2/h24-26,28,31,33,39,41,44-45,48-49H,3-23,27,29-30,32,34-38,40,42-43H2,1-2H3,(H,47,50)/b25-24+,28-26-,33-31+,41-39+. The Hall–Kier alpha value is -1.65. The summed E-state index contributed by atoms with van der Waals surface area (Å²) in [4.78, 5) is 12.4. The molecule has 0 aromatic rings. The van der Waals surface area contributed by atoms with Crippen LogP contribution in [-0.2, 0) is 4.79 Å². The van der Waals surface area contributed by atoms with Crippen molar-refractivity contribution in [2.24, 2.45) is 0 Å². The molecule has 0 aromatic heterocycles. The number of amides is 1. The molecule has 0 aromatic carbocycles. The molecule has 4 heteroatoms. The second-order valence-corrected chi connectivity index (χ2v) is 14.7. The first-order chi connectivity index (χ1) is 24.7. The molecule has 3 N–H and O–H groups in total. The highest BCUT2D eigenvalue weighted by molar-refractivity contribution is 5.76. The first-order valence-electron chi connectivity index (χ1n) is 21.9. The van der Waals surface area contributed by atoms with Crippen LogP contribution >= 0.6 is 0 Å². The Labute approximate surface area is 312 Å². The zero-order chi connectivity index (χ0) is 36.4. The van der Waals surface area contributed by atoms with Crippen LogP contribution in [-0.4, -0.2) is 34.9 Å². The van der Waals surface area contributed by atoms with Crippen LogP contribution in [0.4, 0.5) is 0 Å². The van der Waals surface area contributed by atoms with E-state index in [0.717, 1.165) is 51.4 Å². The van der Waals surface area contributed by atoms with Gasteiger partial charge in [0.25, 0.3) is 0 Å². The van der Waals surface area contributed by atoms with Gasteiger partial charge in [0.1, 0.15) is 0 Å². The predicted molar refractivity (Wildman–Crippen MR) is 221 cm³/mol. The van der Waals surface area contributed by atoms with Crippen molar-refractivity contribution in [2.45, 2.75) is 231 Å². The Kier molecular flexibility index (Phi) is 40.4. The van der Waals surface area contributed by atoms with E-state index in [2.05, 4.69) is 55.6 Å². The fraction of sp³-hybridized carbons (Fsp3) is 0.804. The van der Waals surface area contributed by atoms with E-state index in [0.29, 0.717) is 6.42 Å². The van der Waals surface area contributed by atoms with Crippen LogP contribution in [0.3, 0.4) is 0 Å². The summed E-state index contributed by atoms with van der Waals surface area (Å²) < 4.78 is 0. The second-order valence-electron chi connectivity index (χ2n) is 14.7. The number of aliphatic hydroxyl groups is 2. The van der Waals surface area contributed by atoms with Gasteiger partial charge in [-0.2, -0.15) is 0 Å². The van der Waals surface area contributed by atoms with Crippen LogP contribution in [0.2, 0.25) is 0 Å². The highest BCUT2D eigenvalue weighted by Gasteiger charge is 2.17. The number of carbonyl (C=O) groups excluding carboxylic acids is 1. The molecule has 50 heavy (non-hydrogen) atoms. The summed E-state index contributed by atoms with van der Waals surface area (Å²) in [6, 6.07) is -0.649. The molecule has 0 aliphatic carbocycles. The number of rotatable bonds is 39. The van der Waals surface area contributed by atoms with Crippen LogP contribution in [0.25, 0.3) is 0 Å². The summed E-state index contributed by atoms with van der Waals surface area (Å²) >= 11 is 0. The van der Waals surface area contributed by atoms with Gasteiger partial charge in [0.05, 0.1) is 18.8 Å². The quantitative estimate of drug-likeness (QED) is 0.0442. The number of hydrogen-bond donors (Lipinski definition) is 3. The molecular weight excluding hydrogens is 615 g/mol. The summed E-state index contributed by atoms with van der Waals surface area (Å²) in [7, 11) is 0. The second kappa shape index (κ2) is 41.8. The minimum absolute atomic E-state index is 0.0867.